The van der Waals surface area contributed by atoms with Gasteiger partial charge in [0, 0.05) is 24.8 Å². The predicted octanol–water partition coefficient (Wildman–Crippen LogP) is 2.11. The van der Waals surface area contributed by atoms with E-state index in [9.17, 15) is 0 Å². The Hall–Kier alpha value is -0.740. The molecule has 1 aromatic rings. The van der Waals surface area contributed by atoms with Crippen LogP contribution >= 0.6 is 15.9 Å². The van der Waals surface area contributed by atoms with Crippen molar-refractivity contribution in [1.82, 2.24) is 4.90 Å². The highest BCUT2D eigenvalue weighted by molar-refractivity contribution is 9.10. The number of halogens is 1. The summed E-state index contributed by atoms with van der Waals surface area (Å²) in [6.45, 7) is 2.09. The molecular weight excluding hydrogens is 256 g/mol. The Morgan fingerprint density at radius 3 is 3.00 bits per heavy atom. The SMILES string of the molecule is CN1CCC(Oc2cc(N)ccc2Br)C1. The minimum atomic E-state index is 0.285. The first kappa shape index (κ1) is 10.8. The molecule has 0 radical (unpaired) electrons. The van der Waals surface area contributed by atoms with Crippen molar-refractivity contribution in [1.29, 1.82) is 0 Å². The molecule has 15 heavy (non-hydrogen) atoms. The molecule has 0 aliphatic carbocycles. The minimum Gasteiger partial charge on any atom is -0.488 e. The lowest BCUT2D eigenvalue weighted by molar-refractivity contribution is 0.207. The second kappa shape index (κ2) is 4.41. The van der Waals surface area contributed by atoms with Gasteiger partial charge in [-0.1, -0.05) is 0 Å². The molecule has 3 nitrogen and oxygen atoms in total. The molecule has 1 fully saturated rings. The van der Waals surface area contributed by atoms with Gasteiger partial charge in [-0.3, -0.25) is 0 Å². The Balaban J connectivity index is 2.07. The largest absolute Gasteiger partial charge is 0.488 e. The number of hydrogen-bond donors (Lipinski definition) is 1. The van der Waals surface area contributed by atoms with Crippen LogP contribution in [-0.2, 0) is 0 Å². The number of ether oxygens (including phenoxy) is 1. The van der Waals surface area contributed by atoms with Gasteiger partial charge < -0.3 is 15.4 Å². The number of rotatable bonds is 2. The van der Waals surface area contributed by atoms with Gasteiger partial charge >= 0.3 is 0 Å². The topological polar surface area (TPSA) is 38.5 Å². The molecule has 2 N–H and O–H groups in total. The van der Waals surface area contributed by atoms with Gasteiger partial charge in [-0.2, -0.15) is 0 Å². The summed E-state index contributed by atoms with van der Waals surface area (Å²) in [5.74, 6) is 0.843. The van der Waals surface area contributed by atoms with Crippen LogP contribution in [0.2, 0.25) is 0 Å². The van der Waals surface area contributed by atoms with Crippen molar-refractivity contribution in [2.45, 2.75) is 12.5 Å². The third-order valence-corrected chi connectivity index (χ3v) is 3.25. The number of likely N-dealkylation sites (N-methyl/N-ethyl adjacent to an activating group) is 1. The third kappa shape index (κ3) is 2.63. The smallest absolute Gasteiger partial charge is 0.136 e. The van der Waals surface area contributed by atoms with E-state index in [0.29, 0.717) is 0 Å². The van der Waals surface area contributed by atoms with Crippen LogP contribution in [-0.4, -0.2) is 31.1 Å². The lowest BCUT2D eigenvalue weighted by atomic mass is 10.3. The molecule has 4 heteroatoms. The summed E-state index contributed by atoms with van der Waals surface area (Å²) in [6.07, 6.45) is 1.37. The molecule has 0 saturated carbocycles. The fourth-order valence-corrected chi connectivity index (χ4v) is 2.12. The zero-order valence-electron chi connectivity index (χ0n) is 8.74. The van der Waals surface area contributed by atoms with E-state index in [-0.39, 0.29) is 6.10 Å². The van der Waals surface area contributed by atoms with Crippen molar-refractivity contribution < 1.29 is 4.74 Å². The molecule has 1 atom stereocenters. The van der Waals surface area contributed by atoms with E-state index in [2.05, 4.69) is 27.9 Å². The lowest BCUT2D eigenvalue weighted by Crippen LogP contribution is -2.21. The molecule has 0 amide bonds. The number of nitrogen functional groups attached to an aromatic ring is 1. The standard InChI is InChI=1S/C11H15BrN2O/c1-14-5-4-9(7-14)15-11-6-8(13)2-3-10(11)12/h2-3,6,9H,4-5,7,13H2,1H3. The minimum absolute atomic E-state index is 0.285. The maximum atomic E-state index is 5.89. The van der Waals surface area contributed by atoms with Crippen LogP contribution < -0.4 is 10.5 Å². The number of likely N-dealkylation sites (tertiary alicyclic amines) is 1. The van der Waals surface area contributed by atoms with Gasteiger partial charge in [0.05, 0.1) is 4.47 Å². The van der Waals surface area contributed by atoms with Crippen molar-refractivity contribution in [3.05, 3.63) is 22.7 Å². The summed E-state index contributed by atoms with van der Waals surface area (Å²) in [4.78, 5) is 2.27. The summed E-state index contributed by atoms with van der Waals surface area (Å²) in [7, 11) is 2.11. The summed E-state index contributed by atoms with van der Waals surface area (Å²) in [6, 6.07) is 5.64. The molecule has 1 saturated heterocycles. The van der Waals surface area contributed by atoms with Crippen LogP contribution in [0.25, 0.3) is 0 Å². The molecular formula is C11H15BrN2O. The van der Waals surface area contributed by atoms with E-state index in [1.807, 2.05) is 18.2 Å². The van der Waals surface area contributed by atoms with E-state index in [1.54, 1.807) is 0 Å². The Kier molecular flexibility index (Phi) is 3.17. The van der Waals surface area contributed by atoms with Crippen LogP contribution in [0.4, 0.5) is 5.69 Å². The van der Waals surface area contributed by atoms with Gasteiger partial charge in [0.2, 0.25) is 0 Å². The first-order valence-corrected chi connectivity index (χ1v) is 5.84. The molecule has 1 aliphatic rings. The molecule has 1 aromatic carbocycles. The molecule has 2 rings (SSSR count). The van der Waals surface area contributed by atoms with Crippen molar-refractivity contribution in [2.75, 3.05) is 25.9 Å². The Morgan fingerprint density at radius 2 is 2.33 bits per heavy atom. The lowest BCUT2D eigenvalue weighted by Gasteiger charge is -2.15. The average molecular weight is 271 g/mol. The first-order valence-electron chi connectivity index (χ1n) is 5.05. The molecule has 82 valence electrons. The zero-order chi connectivity index (χ0) is 10.8. The summed E-state index contributed by atoms with van der Waals surface area (Å²) >= 11 is 3.46. The number of nitrogens with two attached hydrogens (primary N) is 1. The summed E-state index contributed by atoms with van der Waals surface area (Å²) in [5.41, 5.74) is 6.45. The van der Waals surface area contributed by atoms with Crippen LogP contribution in [0.5, 0.6) is 5.75 Å². The maximum absolute atomic E-state index is 5.89. The normalized spacial score (nSPS) is 21.9. The van der Waals surface area contributed by atoms with Crippen LogP contribution in [0, 0.1) is 0 Å². The molecule has 1 aliphatic heterocycles. The van der Waals surface area contributed by atoms with Gasteiger partial charge in [-0.05, 0) is 41.5 Å². The summed E-state index contributed by atoms with van der Waals surface area (Å²) < 4.78 is 6.85. The van der Waals surface area contributed by atoms with Crippen LogP contribution in [0.3, 0.4) is 0 Å². The molecule has 1 heterocycles. The van der Waals surface area contributed by atoms with E-state index < -0.39 is 0 Å². The number of benzene rings is 1. The van der Waals surface area contributed by atoms with Crippen molar-refractivity contribution >= 4 is 21.6 Å². The first-order chi connectivity index (χ1) is 7.15. The molecule has 0 spiro atoms. The van der Waals surface area contributed by atoms with Crippen molar-refractivity contribution in [3.63, 3.8) is 0 Å². The Bertz CT molecular complexity index is 356. The predicted molar refractivity (Wildman–Crippen MR) is 65.1 cm³/mol. The zero-order valence-corrected chi connectivity index (χ0v) is 10.3. The molecule has 0 bridgehead atoms. The van der Waals surface area contributed by atoms with Crippen molar-refractivity contribution in [2.24, 2.45) is 0 Å². The van der Waals surface area contributed by atoms with E-state index in [0.717, 1.165) is 35.4 Å². The number of hydrogen-bond acceptors (Lipinski definition) is 3. The van der Waals surface area contributed by atoms with Crippen LogP contribution in [0.15, 0.2) is 22.7 Å². The van der Waals surface area contributed by atoms with Gasteiger partial charge in [-0.15, -0.1) is 0 Å². The fraction of sp³-hybridized carbons (Fsp3) is 0.455. The van der Waals surface area contributed by atoms with Crippen LogP contribution in [0.1, 0.15) is 6.42 Å². The van der Waals surface area contributed by atoms with E-state index in [1.165, 1.54) is 0 Å². The Morgan fingerprint density at radius 1 is 1.53 bits per heavy atom. The summed E-state index contributed by atoms with van der Waals surface area (Å²) in [5, 5.41) is 0. The highest BCUT2D eigenvalue weighted by Gasteiger charge is 2.21. The van der Waals surface area contributed by atoms with Gasteiger partial charge in [0.15, 0.2) is 0 Å². The van der Waals surface area contributed by atoms with Crippen molar-refractivity contribution in [3.8, 4) is 5.75 Å². The number of anilines is 1. The fourth-order valence-electron chi connectivity index (χ4n) is 1.78. The quantitative estimate of drug-likeness (QED) is 0.837. The number of nitrogens with zero attached hydrogens (tertiary/aromatic N) is 1. The molecule has 0 aromatic heterocycles. The second-order valence-electron chi connectivity index (χ2n) is 3.98. The third-order valence-electron chi connectivity index (χ3n) is 2.60. The van der Waals surface area contributed by atoms with Gasteiger partial charge in [0.1, 0.15) is 11.9 Å². The second-order valence-corrected chi connectivity index (χ2v) is 4.83. The van der Waals surface area contributed by atoms with Gasteiger partial charge in [0.25, 0.3) is 0 Å². The van der Waals surface area contributed by atoms with Gasteiger partial charge in [-0.25, -0.2) is 0 Å². The maximum Gasteiger partial charge on any atom is 0.136 e. The molecule has 1 unspecified atom stereocenters. The highest BCUT2D eigenvalue weighted by Crippen LogP contribution is 2.29. The monoisotopic (exact) mass is 270 g/mol. The highest BCUT2D eigenvalue weighted by atomic mass is 79.9. The average Bonchev–Trinajstić information content (AvgIpc) is 2.58. The Labute approximate surface area is 98.3 Å². The van der Waals surface area contributed by atoms with E-state index >= 15 is 0 Å². The van der Waals surface area contributed by atoms with E-state index in [4.69, 9.17) is 10.5 Å².